The number of nitrogens with one attached hydrogen (secondary N) is 1. The van der Waals surface area contributed by atoms with Crippen molar-refractivity contribution in [3.05, 3.63) is 33.8 Å². The van der Waals surface area contributed by atoms with Crippen molar-refractivity contribution < 1.29 is 9.53 Å². The van der Waals surface area contributed by atoms with Crippen LogP contribution in [-0.2, 0) is 4.74 Å². The zero-order chi connectivity index (χ0) is 14.5. The Morgan fingerprint density at radius 1 is 1.37 bits per heavy atom. The first-order chi connectivity index (χ1) is 8.78. The smallest absolute Gasteiger partial charge is 0.408 e. The lowest BCUT2D eigenvalue weighted by Gasteiger charge is -2.19. The second-order valence-corrected chi connectivity index (χ2v) is 5.63. The fourth-order valence-electron chi connectivity index (χ4n) is 1.16. The van der Waals surface area contributed by atoms with E-state index < -0.39 is 11.7 Å². The lowest BCUT2D eigenvalue weighted by Crippen LogP contribution is -2.32. The number of benzene rings is 1. The van der Waals surface area contributed by atoms with Crippen molar-refractivity contribution in [2.45, 2.75) is 26.4 Å². The van der Waals surface area contributed by atoms with Gasteiger partial charge in [-0.25, -0.2) is 4.79 Å². The molecule has 0 saturated carbocycles. The maximum atomic E-state index is 11.3. The van der Waals surface area contributed by atoms with Crippen LogP contribution in [0.25, 0.3) is 0 Å². The van der Waals surface area contributed by atoms with Crippen LogP contribution in [0.4, 0.5) is 4.79 Å². The number of hydrogen-bond acceptors (Lipinski definition) is 2. The molecule has 1 rings (SSSR count). The molecule has 5 heteroatoms. The monoisotopic (exact) mass is 299 g/mol. The Bertz CT molecular complexity index is 524. The zero-order valence-corrected chi connectivity index (χ0v) is 12.5. The molecule has 0 aliphatic heterocycles. The maximum absolute atomic E-state index is 11.3. The van der Waals surface area contributed by atoms with Crippen LogP contribution in [0, 0.1) is 11.8 Å². The third-order valence-corrected chi connectivity index (χ3v) is 2.44. The van der Waals surface area contributed by atoms with Crippen molar-refractivity contribution in [1.82, 2.24) is 5.32 Å². The minimum atomic E-state index is -0.520. The molecule has 0 heterocycles. The van der Waals surface area contributed by atoms with Gasteiger partial charge in [0.2, 0.25) is 0 Å². The average Bonchev–Trinajstić information content (AvgIpc) is 2.26. The van der Waals surface area contributed by atoms with Crippen LogP contribution >= 0.6 is 23.2 Å². The van der Waals surface area contributed by atoms with E-state index in [9.17, 15) is 4.79 Å². The summed E-state index contributed by atoms with van der Waals surface area (Å²) in [5.41, 5.74) is 0.105. The standard InChI is InChI=1S/C14H15Cl2NO2/c1-14(2,3)19-13(18)17-8-4-5-10-9-11(15)6-7-12(10)16/h6-7,9H,8H2,1-3H3,(H,17,18). The van der Waals surface area contributed by atoms with Crippen LogP contribution in [0.15, 0.2) is 18.2 Å². The lowest BCUT2D eigenvalue weighted by molar-refractivity contribution is 0.0535. The van der Waals surface area contributed by atoms with E-state index in [4.69, 9.17) is 27.9 Å². The van der Waals surface area contributed by atoms with Gasteiger partial charge in [-0.3, -0.25) is 0 Å². The van der Waals surface area contributed by atoms with Crippen molar-refractivity contribution in [2.24, 2.45) is 0 Å². The van der Waals surface area contributed by atoms with Crippen LogP contribution in [0.1, 0.15) is 26.3 Å². The molecule has 19 heavy (non-hydrogen) atoms. The summed E-state index contributed by atoms with van der Waals surface area (Å²) < 4.78 is 5.07. The van der Waals surface area contributed by atoms with Gasteiger partial charge >= 0.3 is 6.09 Å². The van der Waals surface area contributed by atoms with Gasteiger partial charge in [0.15, 0.2) is 0 Å². The summed E-state index contributed by atoms with van der Waals surface area (Å²) in [4.78, 5) is 11.3. The predicted molar refractivity (Wildman–Crippen MR) is 77.6 cm³/mol. The Morgan fingerprint density at radius 3 is 2.68 bits per heavy atom. The van der Waals surface area contributed by atoms with Gasteiger partial charge in [0.05, 0.1) is 11.6 Å². The first-order valence-corrected chi connectivity index (χ1v) is 6.44. The van der Waals surface area contributed by atoms with E-state index in [0.29, 0.717) is 15.6 Å². The number of carbonyl (C=O) groups excluding carboxylic acids is 1. The predicted octanol–water partition coefficient (Wildman–Crippen LogP) is 3.87. The first kappa shape index (κ1) is 15.7. The summed E-state index contributed by atoms with van der Waals surface area (Å²) in [5, 5.41) is 3.62. The van der Waals surface area contributed by atoms with Gasteiger partial charge in [0, 0.05) is 10.6 Å². The highest BCUT2D eigenvalue weighted by atomic mass is 35.5. The van der Waals surface area contributed by atoms with Crippen LogP contribution in [0.2, 0.25) is 10.0 Å². The molecule has 0 radical (unpaired) electrons. The number of alkyl carbamates (subject to hydrolysis) is 1. The van der Waals surface area contributed by atoms with Crippen molar-refractivity contribution in [2.75, 3.05) is 6.54 Å². The minimum Gasteiger partial charge on any atom is -0.444 e. The quantitative estimate of drug-likeness (QED) is 0.800. The van der Waals surface area contributed by atoms with Crippen LogP contribution in [0.3, 0.4) is 0 Å². The van der Waals surface area contributed by atoms with Gasteiger partial charge in [0.1, 0.15) is 5.60 Å². The van der Waals surface area contributed by atoms with Crippen molar-refractivity contribution in [3.63, 3.8) is 0 Å². The topological polar surface area (TPSA) is 38.3 Å². The van der Waals surface area contributed by atoms with E-state index in [2.05, 4.69) is 17.2 Å². The molecule has 0 aromatic heterocycles. The van der Waals surface area contributed by atoms with Crippen molar-refractivity contribution >= 4 is 29.3 Å². The van der Waals surface area contributed by atoms with Gasteiger partial charge in [-0.1, -0.05) is 35.0 Å². The molecule has 1 N–H and O–H groups in total. The van der Waals surface area contributed by atoms with E-state index in [0.717, 1.165) is 0 Å². The molecule has 0 aliphatic rings. The number of carbonyl (C=O) groups is 1. The summed E-state index contributed by atoms with van der Waals surface area (Å²) >= 11 is 11.8. The Hall–Kier alpha value is -1.37. The van der Waals surface area contributed by atoms with E-state index >= 15 is 0 Å². The molecule has 0 saturated heterocycles. The number of hydrogen-bond donors (Lipinski definition) is 1. The summed E-state index contributed by atoms with van der Waals surface area (Å²) in [5.74, 6) is 5.62. The van der Waals surface area contributed by atoms with Gasteiger partial charge in [0.25, 0.3) is 0 Å². The molecule has 0 atom stereocenters. The highest BCUT2D eigenvalue weighted by molar-refractivity contribution is 6.33. The SMILES string of the molecule is CC(C)(C)OC(=O)NCC#Cc1cc(Cl)ccc1Cl. The summed E-state index contributed by atoms with van der Waals surface area (Å²) in [6.07, 6.45) is -0.501. The van der Waals surface area contributed by atoms with E-state index in [-0.39, 0.29) is 6.54 Å². The van der Waals surface area contributed by atoms with Crippen molar-refractivity contribution in [1.29, 1.82) is 0 Å². The number of rotatable bonds is 1. The molecule has 0 aliphatic carbocycles. The van der Waals surface area contributed by atoms with Crippen LogP contribution in [-0.4, -0.2) is 18.2 Å². The fourth-order valence-corrected chi connectivity index (χ4v) is 1.50. The van der Waals surface area contributed by atoms with Crippen LogP contribution < -0.4 is 5.32 Å². The molecule has 1 aromatic rings. The van der Waals surface area contributed by atoms with Gasteiger partial charge in [-0.15, -0.1) is 0 Å². The molecule has 0 fully saturated rings. The molecular formula is C14H15Cl2NO2. The summed E-state index contributed by atoms with van der Waals surface area (Å²) in [6.45, 7) is 5.57. The van der Waals surface area contributed by atoms with Gasteiger partial charge in [-0.05, 0) is 39.0 Å². The summed E-state index contributed by atoms with van der Waals surface area (Å²) in [7, 11) is 0. The molecule has 0 spiro atoms. The molecule has 102 valence electrons. The highest BCUT2D eigenvalue weighted by Gasteiger charge is 2.14. The second-order valence-electron chi connectivity index (χ2n) is 4.78. The Labute approximate surface area is 123 Å². The Kier molecular flexibility index (Phi) is 5.53. The molecular weight excluding hydrogens is 285 g/mol. The molecule has 0 unspecified atom stereocenters. The van der Waals surface area contributed by atoms with E-state index in [1.165, 1.54) is 0 Å². The Balaban J connectivity index is 2.52. The average molecular weight is 300 g/mol. The third-order valence-electron chi connectivity index (χ3n) is 1.87. The summed E-state index contributed by atoms with van der Waals surface area (Å²) in [6, 6.07) is 5.04. The largest absolute Gasteiger partial charge is 0.444 e. The number of amides is 1. The maximum Gasteiger partial charge on any atom is 0.408 e. The molecule has 3 nitrogen and oxygen atoms in total. The molecule has 1 aromatic carbocycles. The molecule has 1 amide bonds. The minimum absolute atomic E-state index is 0.178. The van der Waals surface area contributed by atoms with E-state index in [1.54, 1.807) is 39.0 Å². The molecule has 0 bridgehead atoms. The van der Waals surface area contributed by atoms with Gasteiger partial charge < -0.3 is 10.1 Å². The zero-order valence-electron chi connectivity index (χ0n) is 11.0. The highest BCUT2D eigenvalue weighted by Crippen LogP contribution is 2.19. The van der Waals surface area contributed by atoms with E-state index in [1.807, 2.05) is 0 Å². The van der Waals surface area contributed by atoms with Crippen LogP contribution in [0.5, 0.6) is 0 Å². The lowest BCUT2D eigenvalue weighted by atomic mass is 10.2. The van der Waals surface area contributed by atoms with Crippen molar-refractivity contribution in [3.8, 4) is 11.8 Å². The second kappa shape index (κ2) is 6.70. The normalized spacial score (nSPS) is 10.4. The fraction of sp³-hybridized carbons (Fsp3) is 0.357. The number of halogens is 2. The third kappa shape index (κ3) is 6.37. The number of ether oxygens (including phenoxy) is 1. The first-order valence-electron chi connectivity index (χ1n) is 5.69. The van der Waals surface area contributed by atoms with Gasteiger partial charge in [-0.2, -0.15) is 0 Å². The Morgan fingerprint density at radius 2 is 2.05 bits per heavy atom.